The lowest BCUT2D eigenvalue weighted by molar-refractivity contribution is 0.101. The van der Waals surface area contributed by atoms with Crippen molar-refractivity contribution in [2.24, 2.45) is 5.92 Å². The topological polar surface area (TPSA) is 37.3 Å². The van der Waals surface area contributed by atoms with Crippen LogP contribution in [0.3, 0.4) is 0 Å². The molecule has 170 valence electrons. The van der Waals surface area contributed by atoms with Gasteiger partial charge in [-0.3, -0.25) is 9.69 Å². The van der Waals surface area contributed by atoms with Crippen LogP contribution >= 0.6 is 22.9 Å². The van der Waals surface area contributed by atoms with E-state index >= 15 is 0 Å². The Hall–Kier alpha value is -2.60. The van der Waals surface area contributed by atoms with Crippen LogP contribution in [0.15, 0.2) is 66.0 Å². The van der Waals surface area contributed by atoms with Gasteiger partial charge in [-0.2, -0.15) is 0 Å². The maximum Gasteiger partial charge on any atom is 0.272 e. The Morgan fingerprint density at radius 2 is 1.67 bits per heavy atom. The van der Waals surface area contributed by atoms with E-state index in [1.807, 2.05) is 42.5 Å². The predicted octanol–water partition coefficient (Wildman–Crippen LogP) is 6.89. The minimum Gasteiger partial charge on any atom is -0.331 e. The zero-order chi connectivity index (χ0) is 22.8. The molecule has 1 aliphatic heterocycles. The zero-order valence-electron chi connectivity index (χ0n) is 18.8. The highest BCUT2D eigenvalue weighted by atomic mass is 35.5. The lowest BCUT2D eigenvalue weighted by Gasteiger charge is -2.30. The molecule has 2 aromatic carbocycles. The number of carbonyl (C=O) groups excluding carboxylic acids is 1. The number of amides is 1. The van der Waals surface area contributed by atoms with Crippen molar-refractivity contribution < 1.29 is 4.79 Å². The van der Waals surface area contributed by atoms with E-state index in [0.717, 1.165) is 33.9 Å². The number of benzene rings is 2. The Balaban J connectivity index is 1.30. The van der Waals surface area contributed by atoms with E-state index < -0.39 is 0 Å². The molecule has 0 spiro atoms. The van der Waals surface area contributed by atoms with E-state index in [-0.39, 0.29) is 5.91 Å². The summed E-state index contributed by atoms with van der Waals surface area (Å²) in [4.78, 5) is 15.7. The van der Waals surface area contributed by atoms with Crippen molar-refractivity contribution in [2.75, 3.05) is 18.4 Å². The van der Waals surface area contributed by atoms with Gasteiger partial charge in [0, 0.05) is 23.8 Å². The first kappa shape index (κ1) is 22.2. The summed E-state index contributed by atoms with van der Waals surface area (Å²) in [7, 11) is 0. The van der Waals surface area contributed by atoms with Crippen LogP contribution in [0.25, 0.3) is 10.2 Å². The second kappa shape index (κ2) is 9.72. The molecule has 0 atom stereocenters. The smallest absolute Gasteiger partial charge is 0.272 e. The normalized spacial score (nSPS) is 15.2. The van der Waals surface area contributed by atoms with Crippen molar-refractivity contribution in [1.29, 1.82) is 0 Å². The maximum atomic E-state index is 13.2. The summed E-state index contributed by atoms with van der Waals surface area (Å²) >= 11 is 7.69. The molecule has 33 heavy (non-hydrogen) atoms. The van der Waals surface area contributed by atoms with Crippen molar-refractivity contribution in [3.63, 3.8) is 0 Å². The monoisotopic (exact) mass is 477 g/mol. The first-order valence-electron chi connectivity index (χ1n) is 11.5. The molecule has 1 aliphatic rings. The number of hydrogen-bond donors (Lipinski definition) is 1. The molecule has 6 heteroatoms. The van der Waals surface area contributed by atoms with Gasteiger partial charge in [0.1, 0.15) is 5.69 Å². The molecule has 0 saturated carbocycles. The van der Waals surface area contributed by atoms with Gasteiger partial charge in [-0.1, -0.05) is 42.8 Å². The Labute approximate surface area is 203 Å². The first-order chi connectivity index (χ1) is 16.0. The van der Waals surface area contributed by atoms with Crippen molar-refractivity contribution in [3.05, 3.63) is 87.9 Å². The summed E-state index contributed by atoms with van der Waals surface area (Å²) in [6, 6.07) is 20.1. The number of aromatic nitrogens is 1. The highest BCUT2D eigenvalue weighted by Crippen LogP contribution is 2.27. The fourth-order valence-corrected chi connectivity index (χ4v) is 5.42. The summed E-state index contributed by atoms with van der Waals surface area (Å²) in [6.07, 6.45) is 2.56. The van der Waals surface area contributed by atoms with E-state index in [1.165, 1.54) is 31.5 Å². The molecule has 1 fully saturated rings. The SMILES string of the molecule is CC1CCN(Cc2ccc(NC(=O)c3cc4sccc4n3Cc3ccc(Cl)cc3)cc2)CC1. The van der Waals surface area contributed by atoms with Crippen LogP contribution < -0.4 is 5.32 Å². The molecule has 3 heterocycles. The van der Waals surface area contributed by atoms with Crippen LogP contribution in [-0.4, -0.2) is 28.5 Å². The van der Waals surface area contributed by atoms with Crippen LogP contribution in [0.5, 0.6) is 0 Å². The maximum absolute atomic E-state index is 13.2. The van der Waals surface area contributed by atoms with E-state index in [0.29, 0.717) is 17.3 Å². The molecular weight excluding hydrogens is 450 g/mol. The predicted molar refractivity (Wildman–Crippen MR) is 138 cm³/mol. The Bertz CT molecular complexity index is 1230. The van der Waals surface area contributed by atoms with Gasteiger partial charge in [-0.05, 0) is 84.8 Å². The van der Waals surface area contributed by atoms with Gasteiger partial charge in [0.05, 0.1) is 10.2 Å². The third-order valence-corrected chi connectivity index (χ3v) is 7.61. The summed E-state index contributed by atoms with van der Waals surface area (Å²) in [5.41, 5.74) is 4.95. The number of anilines is 1. The molecule has 1 N–H and O–H groups in total. The van der Waals surface area contributed by atoms with Crippen LogP contribution in [0, 0.1) is 5.92 Å². The average Bonchev–Trinajstić information content (AvgIpc) is 3.41. The van der Waals surface area contributed by atoms with Crippen molar-refractivity contribution in [2.45, 2.75) is 32.9 Å². The second-order valence-electron chi connectivity index (χ2n) is 9.02. The number of fused-ring (bicyclic) bond motifs is 1. The molecule has 4 aromatic rings. The summed E-state index contributed by atoms with van der Waals surface area (Å²) in [5.74, 6) is 0.748. The molecule has 1 saturated heterocycles. The number of rotatable bonds is 6. The number of hydrogen-bond acceptors (Lipinski definition) is 3. The van der Waals surface area contributed by atoms with Gasteiger partial charge in [0.2, 0.25) is 0 Å². The molecule has 1 amide bonds. The van der Waals surface area contributed by atoms with Gasteiger partial charge < -0.3 is 9.88 Å². The molecule has 0 bridgehead atoms. The lowest BCUT2D eigenvalue weighted by Crippen LogP contribution is -2.32. The van der Waals surface area contributed by atoms with E-state index in [2.05, 4.69) is 45.3 Å². The fraction of sp³-hybridized carbons (Fsp3) is 0.296. The van der Waals surface area contributed by atoms with Crippen LogP contribution in [0.2, 0.25) is 5.02 Å². The second-order valence-corrected chi connectivity index (χ2v) is 10.4. The molecule has 0 aliphatic carbocycles. The lowest BCUT2D eigenvalue weighted by atomic mass is 9.99. The van der Waals surface area contributed by atoms with E-state index in [4.69, 9.17) is 11.6 Å². The number of piperidine rings is 1. The molecule has 4 nitrogen and oxygen atoms in total. The molecule has 2 aromatic heterocycles. The summed E-state index contributed by atoms with van der Waals surface area (Å²) in [6.45, 7) is 6.27. The molecule has 0 radical (unpaired) electrons. The van der Waals surface area contributed by atoms with Gasteiger partial charge >= 0.3 is 0 Å². The van der Waals surface area contributed by atoms with Crippen molar-refractivity contribution in [1.82, 2.24) is 9.47 Å². The average molecular weight is 478 g/mol. The number of nitrogens with zero attached hydrogens (tertiary/aromatic N) is 2. The third-order valence-electron chi connectivity index (χ3n) is 6.50. The minimum atomic E-state index is -0.0925. The van der Waals surface area contributed by atoms with Gasteiger partial charge in [-0.25, -0.2) is 0 Å². The molecule has 0 unspecified atom stereocenters. The van der Waals surface area contributed by atoms with Crippen molar-refractivity contribution in [3.8, 4) is 0 Å². The highest BCUT2D eigenvalue weighted by molar-refractivity contribution is 7.17. The number of likely N-dealkylation sites (tertiary alicyclic amines) is 1. The quantitative estimate of drug-likeness (QED) is 0.328. The molecule has 5 rings (SSSR count). The number of thiophene rings is 1. The zero-order valence-corrected chi connectivity index (χ0v) is 20.3. The third kappa shape index (κ3) is 5.16. The van der Waals surface area contributed by atoms with Crippen LogP contribution in [0.4, 0.5) is 5.69 Å². The Morgan fingerprint density at radius 3 is 2.39 bits per heavy atom. The number of nitrogens with one attached hydrogen (secondary N) is 1. The summed E-state index contributed by atoms with van der Waals surface area (Å²) in [5, 5.41) is 5.86. The van der Waals surface area contributed by atoms with Crippen molar-refractivity contribution >= 4 is 44.7 Å². The number of carbonyl (C=O) groups is 1. The van der Waals surface area contributed by atoms with Crippen LogP contribution in [-0.2, 0) is 13.1 Å². The largest absolute Gasteiger partial charge is 0.331 e. The van der Waals surface area contributed by atoms with Gasteiger partial charge in [0.15, 0.2) is 0 Å². The molecular formula is C27H28ClN3OS. The van der Waals surface area contributed by atoms with Gasteiger partial charge in [0.25, 0.3) is 5.91 Å². The Kier molecular flexibility index (Phi) is 6.54. The standard InChI is InChI=1S/C27H28ClN3OS/c1-19-10-13-30(14-11-19)17-20-4-8-23(9-5-20)29-27(32)25-16-26-24(12-15-33-26)31(25)18-21-2-6-22(28)7-3-21/h2-9,12,15-16,19H,10-11,13-14,17-18H2,1H3,(H,29,32). The van der Waals surface area contributed by atoms with Gasteiger partial charge in [-0.15, -0.1) is 11.3 Å². The Morgan fingerprint density at radius 1 is 1.00 bits per heavy atom. The van der Waals surface area contributed by atoms with Crippen LogP contribution in [0.1, 0.15) is 41.4 Å². The highest BCUT2D eigenvalue weighted by Gasteiger charge is 2.18. The fourth-order valence-electron chi connectivity index (χ4n) is 4.47. The first-order valence-corrected chi connectivity index (χ1v) is 12.7. The number of halogens is 1. The minimum absolute atomic E-state index is 0.0925. The van der Waals surface area contributed by atoms with E-state index in [1.54, 1.807) is 11.3 Å². The van der Waals surface area contributed by atoms with E-state index in [9.17, 15) is 4.79 Å². The summed E-state index contributed by atoms with van der Waals surface area (Å²) < 4.78 is 3.19.